The first-order chi connectivity index (χ1) is 16.3. The Labute approximate surface area is 209 Å². The van der Waals surface area contributed by atoms with Crippen molar-refractivity contribution in [3.63, 3.8) is 0 Å². The molecule has 1 heterocycles. The third kappa shape index (κ3) is 9.52. The summed E-state index contributed by atoms with van der Waals surface area (Å²) in [6.45, 7) is 16.2. The standard InChI is InChI=1S/C16H12FNS.C10H17NO.C3H8/c1-11-10-19-15-5-3-2-4-14(15)16(18-11)12-6-8-13(17)9-7-12;1-5-7-8-11(4)10(12)9(3)6-2;1-3-2/h2-10H,1H3;6H,2-3,5,7-8H2,1,4H3;3H2,1-2H3. The highest BCUT2D eigenvalue weighted by molar-refractivity contribution is 8.02. The fourth-order valence-corrected chi connectivity index (χ4v) is 3.63. The number of carbonyl (C=O) groups excluding carboxylic acids is 1. The molecule has 0 saturated heterocycles. The van der Waals surface area contributed by atoms with E-state index in [1.807, 2.05) is 24.5 Å². The maximum absolute atomic E-state index is 13.1. The summed E-state index contributed by atoms with van der Waals surface area (Å²) >= 11 is 1.67. The van der Waals surface area contributed by atoms with Crippen molar-refractivity contribution in [3.05, 3.63) is 101 Å². The van der Waals surface area contributed by atoms with Gasteiger partial charge in [-0.15, -0.1) is 0 Å². The molecule has 182 valence electrons. The van der Waals surface area contributed by atoms with Crippen LogP contribution in [0.2, 0.25) is 0 Å². The molecule has 34 heavy (non-hydrogen) atoms. The Morgan fingerprint density at radius 1 is 1.12 bits per heavy atom. The van der Waals surface area contributed by atoms with Crippen LogP contribution in [0, 0.1) is 5.82 Å². The van der Waals surface area contributed by atoms with Gasteiger partial charge in [-0.05, 0) is 49.1 Å². The predicted molar refractivity (Wildman–Crippen MR) is 146 cm³/mol. The first-order valence-corrected chi connectivity index (χ1v) is 12.5. The van der Waals surface area contributed by atoms with Gasteiger partial charge in [0.05, 0.1) is 5.71 Å². The molecule has 1 aliphatic rings. The highest BCUT2D eigenvalue weighted by atomic mass is 32.2. The molecule has 0 bridgehead atoms. The molecule has 0 N–H and O–H groups in total. The van der Waals surface area contributed by atoms with Crippen LogP contribution < -0.4 is 0 Å². The number of benzene rings is 2. The number of allylic oxidation sites excluding steroid dienone is 1. The number of fused-ring (bicyclic) bond motifs is 1. The minimum atomic E-state index is -0.229. The maximum Gasteiger partial charge on any atom is 0.252 e. The van der Waals surface area contributed by atoms with Crippen molar-refractivity contribution >= 4 is 23.4 Å². The molecule has 0 aromatic heterocycles. The molecular formula is C29H37FN2OS. The minimum Gasteiger partial charge on any atom is -0.342 e. The molecule has 0 radical (unpaired) electrons. The van der Waals surface area contributed by atoms with Crippen molar-refractivity contribution in [3.8, 4) is 0 Å². The Hall–Kier alpha value is -2.92. The van der Waals surface area contributed by atoms with Crippen LogP contribution in [0.4, 0.5) is 4.39 Å². The van der Waals surface area contributed by atoms with Crippen LogP contribution >= 0.6 is 11.8 Å². The predicted octanol–water partition coefficient (Wildman–Crippen LogP) is 8.03. The number of rotatable bonds is 6. The number of carbonyl (C=O) groups is 1. The lowest BCUT2D eigenvalue weighted by molar-refractivity contribution is -0.125. The van der Waals surface area contributed by atoms with Crippen molar-refractivity contribution < 1.29 is 9.18 Å². The largest absolute Gasteiger partial charge is 0.342 e. The smallest absolute Gasteiger partial charge is 0.252 e. The van der Waals surface area contributed by atoms with Crippen LogP contribution in [-0.4, -0.2) is 30.1 Å². The van der Waals surface area contributed by atoms with E-state index < -0.39 is 0 Å². The van der Waals surface area contributed by atoms with Crippen LogP contribution in [0.1, 0.15) is 58.1 Å². The van der Waals surface area contributed by atoms with E-state index >= 15 is 0 Å². The van der Waals surface area contributed by atoms with E-state index in [0.717, 1.165) is 41.9 Å². The number of aliphatic imine (C=N–C) groups is 1. The molecule has 2 aromatic carbocycles. The van der Waals surface area contributed by atoms with Crippen LogP contribution in [0.15, 0.2) is 94.3 Å². The molecule has 0 fully saturated rings. The highest BCUT2D eigenvalue weighted by Crippen LogP contribution is 2.30. The number of nitrogens with zero attached hydrogens (tertiary/aromatic N) is 2. The molecule has 0 aliphatic carbocycles. The third-order valence-corrected chi connectivity index (χ3v) is 5.69. The molecule has 1 aliphatic heterocycles. The molecule has 5 heteroatoms. The fraction of sp³-hybridized carbons (Fsp3) is 0.310. The van der Waals surface area contributed by atoms with Gasteiger partial charge >= 0.3 is 0 Å². The molecule has 0 saturated carbocycles. The highest BCUT2D eigenvalue weighted by Gasteiger charge is 2.14. The van der Waals surface area contributed by atoms with Gasteiger partial charge in [-0.3, -0.25) is 9.79 Å². The summed E-state index contributed by atoms with van der Waals surface area (Å²) in [5.74, 6) is -0.258. The summed E-state index contributed by atoms with van der Waals surface area (Å²) in [5.41, 5.74) is 4.35. The van der Waals surface area contributed by atoms with E-state index in [9.17, 15) is 9.18 Å². The molecule has 2 aromatic rings. The summed E-state index contributed by atoms with van der Waals surface area (Å²) in [7, 11) is 1.78. The molecule has 0 atom stereocenters. The minimum absolute atomic E-state index is 0.0292. The van der Waals surface area contributed by atoms with Crippen LogP contribution in [0.25, 0.3) is 0 Å². The van der Waals surface area contributed by atoms with E-state index in [1.165, 1.54) is 29.5 Å². The van der Waals surface area contributed by atoms with Gasteiger partial charge in [0.2, 0.25) is 0 Å². The molecule has 3 nitrogen and oxygen atoms in total. The first-order valence-electron chi connectivity index (χ1n) is 11.6. The van der Waals surface area contributed by atoms with E-state index in [1.54, 1.807) is 35.8 Å². The quantitative estimate of drug-likeness (QED) is 0.310. The van der Waals surface area contributed by atoms with Gasteiger partial charge in [0, 0.05) is 40.9 Å². The number of halogens is 1. The Morgan fingerprint density at radius 3 is 2.32 bits per heavy atom. The fourth-order valence-electron chi connectivity index (χ4n) is 2.83. The lowest BCUT2D eigenvalue weighted by Gasteiger charge is -2.16. The first kappa shape index (κ1) is 29.1. The second-order valence-corrected chi connectivity index (χ2v) is 8.77. The molecule has 1 amide bonds. The second kappa shape index (κ2) is 15.8. The number of hydrogen-bond acceptors (Lipinski definition) is 3. The van der Waals surface area contributed by atoms with Gasteiger partial charge in [0.25, 0.3) is 5.91 Å². The van der Waals surface area contributed by atoms with Gasteiger partial charge in [-0.2, -0.15) is 0 Å². The summed E-state index contributed by atoms with van der Waals surface area (Å²) in [4.78, 5) is 18.8. The Bertz CT molecular complexity index is 1010. The van der Waals surface area contributed by atoms with Crippen LogP contribution in [0.3, 0.4) is 0 Å². The average molecular weight is 481 g/mol. The van der Waals surface area contributed by atoms with Crippen molar-refractivity contribution in [1.82, 2.24) is 4.90 Å². The number of likely N-dealkylation sites (N-methyl/N-ethyl adjacent to an activating group) is 1. The number of amides is 1. The van der Waals surface area contributed by atoms with Gasteiger partial charge in [0.1, 0.15) is 5.82 Å². The molecule has 3 rings (SSSR count). The number of unbranched alkanes of at least 4 members (excludes halogenated alkanes) is 1. The average Bonchev–Trinajstić information content (AvgIpc) is 3.02. The van der Waals surface area contributed by atoms with E-state index in [2.05, 4.69) is 51.1 Å². The van der Waals surface area contributed by atoms with Crippen molar-refractivity contribution in [2.75, 3.05) is 13.6 Å². The summed E-state index contributed by atoms with van der Waals surface area (Å²) in [5, 5.41) is 2.04. The zero-order valence-electron chi connectivity index (χ0n) is 21.1. The van der Waals surface area contributed by atoms with Gasteiger partial charge in [-0.1, -0.05) is 82.8 Å². The van der Waals surface area contributed by atoms with Crippen LogP contribution in [-0.2, 0) is 4.79 Å². The van der Waals surface area contributed by atoms with Gasteiger partial charge < -0.3 is 4.90 Å². The van der Waals surface area contributed by atoms with Crippen molar-refractivity contribution in [2.45, 2.75) is 51.9 Å². The molecule has 0 unspecified atom stereocenters. The Morgan fingerprint density at radius 2 is 1.74 bits per heavy atom. The maximum atomic E-state index is 13.1. The van der Waals surface area contributed by atoms with E-state index in [0.29, 0.717) is 5.57 Å². The van der Waals surface area contributed by atoms with Gasteiger partial charge in [-0.25, -0.2) is 4.39 Å². The van der Waals surface area contributed by atoms with E-state index in [-0.39, 0.29) is 11.7 Å². The molecule has 0 spiro atoms. The second-order valence-electron chi connectivity index (χ2n) is 7.86. The normalized spacial score (nSPS) is 11.7. The summed E-state index contributed by atoms with van der Waals surface area (Å²) < 4.78 is 13.1. The van der Waals surface area contributed by atoms with Crippen molar-refractivity contribution in [1.29, 1.82) is 0 Å². The lowest BCUT2D eigenvalue weighted by atomic mass is 10.0. The van der Waals surface area contributed by atoms with Crippen molar-refractivity contribution in [2.24, 2.45) is 4.99 Å². The summed E-state index contributed by atoms with van der Waals surface area (Å²) in [6, 6.07) is 14.6. The lowest BCUT2D eigenvalue weighted by Crippen LogP contribution is -2.28. The zero-order valence-corrected chi connectivity index (χ0v) is 21.9. The Balaban J connectivity index is 0.000000334. The third-order valence-electron chi connectivity index (χ3n) is 4.62. The summed E-state index contributed by atoms with van der Waals surface area (Å²) in [6.07, 6.45) is 4.87. The molecular weight excluding hydrogens is 443 g/mol. The SMILES string of the molecule is C=CC(=C)C(=O)N(C)CCCC.CC1=CSc2ccccc2C(c2ccc(F)cc2)=N1.CCC. The number of thioether (sulfide) groups is 1. The van der Waals surface area contributed by atoms with E-state index in [4.69, 9.17) is 0 Å². The Kier molecular flexibility index (Phi) is 13.6. The topological polar surface area (TPSA) is 32.7 Å². The zero-order chi connectivity index (χ0) is 25.5. The van der Waals surface area contributed by atoms with Crippen LogP contribution in [0.5, 0.6) is 0 Å². The number of hydrogen-bond donors (Lipinski definition) is 0. The van der Waals surface area contributed by atoms with Gasteiger partial charge in [0.15, 0.2) is 0 Å². The monoisotopic (exact) mass is 480 g/mol.